The van der Waals surface area contributed by atoms with Crippen molar-refractivity contribution in [1.82, 2.24) is 16.0 Å². The number of aliphatic carboxylic acids is 1. The molecule has 0 aromatic carbocycles. The largest absolute Gasteiger partial charge is 0.480 e. The summed E-state index contributed by atoms with van der Waals surface area (Å²) in [7, 11) is 0. The third-order valence-electron chi connectivity index (χ3n) is 3.86. The maximum Gasteiger partial charge on any atom is 0.328 e. The van der Waals surface area contributed by atoms with E-state index in [1.807, 2.05) is 5.32 Å². The molecule has 0 aromatic rings. The molecule has 13 nitrogen and oxygen atoms in total. The first kappa shape index (κ1) is 27.6. The van der Waals surface area contributed by atoms with E-state index in [9.17, 15) is 29.1 Å². The van der Waals surface area contributed by atoms with Crippen molar-refractivity contribution >= 4 is 41.4 Å². The van der Waals surface area contributed by atoms with Gasteiger partial charge in [-0.2, -0.15) is 11.8 Å². The van der Waals surface area contributed by atoms with Crippen LogP contribution in [0, 0.1) is 0 Å². The zero-order valence-electron chi connectivity index (χ0n) is 16.7. The van der Waals surface area contributed by atoms with E-state index in [0.29, 0.717) is 5.75 Å². The molecule has 14 heteroatoms. The van der Waals surface area contributed by atoms with E-state index in [2.05, 4.69) is 10.6 Å². The normalized spacial score (nSPS) is 15.8. The van der Waals surface area contributed by atoms with E-state index >= 15 is 0 Å². The van der Waals surface area contributed by atoms with Crippen LogP contribution in [0.25, 0.3) is 0 Å². The Hall–Kier alpha value is -2.42. The fraction of sp³-hybridized carbons (Fsp3) is 0.688. The standard InChI is InChI=1S/C16H29N5O8S/c1-7(23)12(15(27)20-10(6-22)16(28)29)21-14(26)9(3-4-30-2)19-13(25)8(17)5-11(18)24/h7-10,12,22-23H,3-6,17H2,1-2H3,(H2,18,24)(H,19,25)(H,20,27)(H,21,26)(H,28,29)/t7-,8+,9+,10+,12+/m1/s1. The SMILES string of the molecule is CSCC[C@H](NC(=O)[C@@H](N)CC(N)=O)C(=O)N[C@H](C(=O)N[C@@H](CO)C(=O)O)[C@@H](C)O. The van der Waals surface area contributed by atoms with Crippen molar-refractivity contribution in [3.63, 3.8) is 0 Å². The molecule has 10 N–H and O–H groups in total. The molecule has 0 saturated heterocycles. The van der Waals surface area contributed by atoms with Gasteiger partial charge in [-0.1, -0.05) is 0 Å². The van der Waals surface area contributed by atoms with Crippen LogP contribution in [0.3, 0.4) is 0 Å². The minimum absolute atomic E-state index is 0.143. The second-order valence-corrected chi connectivity index (χ2v) is 7.41. The second-order valence-electron chi connectivity index (χ2n) is 6.43. The lowest BCUT2D eigenvalue weighted by Crippen LogP contribution is -2.60. The topological polar surface area (TPSA) is 234 Å². The molecule has 0 heterocycles. The fourth-order valence-corrected chi connectivity index (χ4v) is 2.67. The summed E-state index contributed by atoms with van der Waals surface area (Å²) in [6.07, 6.45) is 0.0582. The van der Waals surface area contributed by atoms with Gasteiger partial charge in [0.25, 0.3) is 0 Å². The molecule has 0 aliphatic carbocycles. The molecule has 0 rings (SSSR count). The summed E-state index contributed by atoms with van der Waals surface area (Å²) in [5.74, 6) is -4.54. The van der Waals surface area contributed by atoms with Crippen LogP contribution in [0.1, 0.15) is 19.8 Å². The number of nitrogens with one attached hydrogen (secondary N) is 3. The Kier molecular flexibility index (Phi) is 12.6. The Morgan fingerprint density at radius 3 is 2.00 bits per heavy atom. The van der Waals surface area contributed by atoms with Crippen LogP contribution >= 0.6 is 11.8 Å². The number of nitrogens with two attached hydrogens (primary N) is 2. The number of primary amides is 1. The van der Waals surface area contributed by atoms with Gasteiger partial charge in [-0.25, -0.2) is 4.79 Å². The van der Waals surface area contributed by atoms with Crippen LogP contribution in [-0.2, 0) is 24.0 Å². The minimum atomic E-state index is -1.63. The lowest BCUT2D eigenvalue weighted by molar-refractivity contribution is -0.144. The average molecular weight is 452 g/mol. The van der Waals surface area contributed by atoms with Crippen LogP contribution < -0.4 is 27.4 Å². The predicted molar refractivity (Wildman–Crippen MR) is 107 cm³/mol. The summed E-state index contributed by atoms with van der Waals surface area (Å²) in [5, 5.41) is 34.3. The number of amides is 4. The van der Waals surface area contributed by atoms with Crippen molar-refractivity contribution in [2.45, 2.75) is 50.0 Å². The molecule has 30 heavy (non-hydrogen) atoms. The smallest absolute Gasteiger partial charge is 0.328 e. The molecule has 5 atom stereocenters. The number of carboxylic acid groups (broad SMARTS) is 1. The Morgan fingerprint density at radius 2 is 1.57 bits per heavy atom. The van der Waals surface area contributed by atoms with E-state index in [1.165, 1.54) is 18.7 Å². The number of thioether (sulfide) groups is 1. The zero-order valence-corrected chi connectivity index (χ0v) is 17.5. The van der Waals surface area contributed by atoms with Crippen LogP contribution in [0.15, 0.2) is 0 Å². The van der Waals surface area contributed by atoms with E-state index in [4.69, 9.17) is 21.7 Å². The molecule has 0 fully saturated rings. The van der Waals surface area contributed by atoms with E-state index < -0.39 is 72.9 Å². The Balaban J connectivity index is 5.30. The predicted octanol–water partition coefficient (Wildman–Crippen LogP) is -4.15. The highest BCUT2D eigenvalue weighted by atomic mass is 32.2. The summed E-state index contributed by atoms with van der Waals surface area (Å²) in [6, 6.07) is -5.61. The molecule has 0 radical (unpaired) electrons. The van der Waals surface area contributed by atoms with Gasteiger partial charge in [0.15, 0.2) is 0 Å². The number of carbonyl (C=O) groups excluding carboxylic acids is 4. The summed E-state index contributed by atoms with van der Waals surface area (Å²) in [5.41, 5.74) is 10.6. The van der Waals surface area contributed by atoms with Gasteiger partial charge in [0.2, 0.25) is 23.6 Å². The number of aliphatic hydroxyl groups is 2. The Bertz CT molecular complexity index is 633. The average Bonchev–Trinajstić information content (AvgIpc) is 2.65. The van der Waals surface area contributed by atoms with Crippen LogP contribution in [0.4, 0.5) is 0 Å². The highest BCUT2D eigenvalue weighted by Crippen LogP contribution is 2.04. The fourth-order valence-electron chi connectivity index (χ4n) is 2.20. The number of aliphatic hydroxyl groups excluding tert-OH is 2. The molecular weight excluding hydrogens is 422 g/mol. The zero-order chi connectivity index (χ0) is 23.4. The molecule has 172 valence electrons. The summed E-state index contributed by atoms with van der Waals surface area (Å²) >= 11 is 1.38. The molecule has 0 aliphatic heterocycles. The number of rotatable bonds is 14. The van der Waals surface area contributed by atoms with Crippen molar-refractivity contribution in [3.05, 3.63) is 0 Å². The maximum absolute atomic E-state index is 12.6. The van der Waals surface area contributed by atoms with Gasteiger partial charge < -0.3 is 42.7 Å². The van der Waals surface area contributed by atoms with Crippen LogP contribution in [0.5, 0.6) is 0 Å². The lowest BCUT2D eigenvalue weighted by Gasteiger charge is -2.26. The van der Waals surface area contributed by atoms with Crippen molar-refractivity contribution in [3.8, 4) is 0 Å². The molecule has 0 aliphatic rings. The van der Waals surface area contributed by atoms with Gasteiger partial charge in [0.05, 0.1) is 25.2 Å². The van der Waals surface area contributed by atoms with Crippen LogP contribution in [-0.4, -0.2) is 93.8 Å². The third kappa shape index (κ3) is 9.87. The first-order chi connectivity index (χ1) is 13.9. The van der Waals surface area contributed by atoms with Gasteiger partial charge in [-0.05, 0) is 25.4 Å². The van der Waals surface area contributed by atoms with Crippen molar-refractivity contribution < 1.29 is 39.3 Å². The quantitative estimate of drug-likeness (QED) is 0.127. The highest BCUT2D eigenvalue weighted by molar-refractivity contribution is 7.98. The first-order valence-electron chi connectivity index (χ1n) is 8.90. The lowest BCUT2D eigenvalue weighted by atomic mass is 10.1. The molecule has 4 amide bonds. The van der Waals surface area contributed by atoms with Gasteiger partial charge in [0, 0.05) is 0 Å². The number of hydrogen-bond acceptors (Lipinski definition) is 9. The van der Waals surface area contributed by atoms with E-state index in [0.717, 1.165) is 0 Å². The highest BCUT2D eigenvalue weighted by Gasteiger charge is 2.32. The third-order valence-corrected chi connectivity index (χ3v) is 4.51. The Labute approximate surface area is 177 Å². The number of carbonyl (C=O) groups is 5. The molecule has 0 aromatic heterocycles. The summed E-state index contributed by atoms with van der Waals surface area (Å²) < 4.78 is 0. The summed E-state index contributed by atoms with van der Waals surface area (Å²) in [6.45, 7) is 0.295. The molecule has 0 saturated carbocycles. The van der Waals surface area contributed by atoms with Gasteiger partial charge >= 0.3 is 5.97 Å². The monoisotopic (exact) mass is 451 g/mol. The molecule has 0 unspecified atom stereocenters. The van der Waals surface area contributed by atoms with Crippen LogP contribution in [0.2, 0.25) is 0 Å². The van der Waals surface area contributed by atoms with Crippen molar-refractivity contribution in [2.75, 3.05) is 18.6 Å². The first-order valence-corrected chi connectivity index (χ1v) is 10.3. The van der Waals surface area contributed by atoms with E-state index in [-0.39, 0.29) is 6.42 Å². The maximum atomic E-state index is 12.6. The van der Waals surface area contributed by atoms with Crippen molar-refractivity contribution in [2.24, 2.45) is 11.5 Å². The van der Waals surface area contributed by atoms with Crippen molar-refractivity contribution in [1.29, 1.82) is 0 Å². The second kappa shape index (κ2) is 13.7. The minimum Gasteiger partial charge on any atom is -0.480 e. The van der Waals surface area contributed by atoms with Gasteiger partial charge in [-0.3, -0.25) is 19.2 Å². The van der Waals surface area contributed by atoms with Gasteiger partial charge in [0.1, 0.15) is 18.1 Å². The van der Waals surface area contributed by atoms with Gasteiger partial charge in [-0.15, -0.1) is 0 Å². The van der Waals surface area contributed by atoms with E-state index in [1.54, 1.807) is 6.26 Å². The molecule has 0 bridgehead atoms. The molecular formula is C16H29N5O8S. The molecule has 0 spiro atoms. The Morgan fingerprint density at radius 1 is 1.00 bits per heavy atom. The number of carboxylic acids is 1. The number of hydrogen-bond donors (Lipinski definition) is 8. The summed E-state index contributed by atoms with van der Waals surface area (Å²) in [4.78, 5) is 58.8.